The van der Waals surface area contributed by atoms with E-state index in [9.17, 15) is 4.79 Å². The summed E-state index contributed by atoms with van der Waals surface area (Å²) in [5.41, 5.74) is 3.01. The summed E-state index contributed by atoms with van der Waals surface area (Å²) >= 11 is 12.3. The van der Waals surface area contributed by atoms with E-state index in [0.717, 1.165) is 61.6 Å². The van der Waals surface area contributed by atoms with E-state index >= 15 is 4.39 Å². The Hall–Kier alpha value is -2.42. The van der Waals surface area contributed by atoms with E-state index in [0.29, 0.717) is 41.7 Å². The number of nitrogens with zero attached hydrogens (tertiary/aromatic N) is 3. The van der Waals surface area contributed by atoms with E-state index in [2.05, 4.69) is 38.8 Å². The molecule has 3 atom stereocenters. The summed E-state index contributed by atoms with van der Waals surface area (Å²) in [4.78, 5) is 25.0. The number of alkyl halides is 1. The minimum atomic E-state index is -0.943. The zero-order valence-corrected chi connectivity index (χ0v) is 27.4. The average molecular weight is 646 g/mol. The number of piperidine rings is 1. The largest absolute Gasteiger partial charge is 0.355 e. The maximum absolute atomic E-state index is 15.8. The molecule has 2 aliphatic heterocycles. The van der Waals surface area contributed by atoms with E-state index in [1.54, 1.807) is 12.1 Å². The van der Waals surface area contributed by atoms with Gasteiger partial charge in [-0.2, -0.15) is 0 Å². The lowest BCUT2D eigenvalue weighted by molar-refractivity contribution is -0.0421. The lowest BCUT2D eigenvalue weighted by Gasteiger charge is -2.46. The van der Waals surface area contributed by atoms with Crippen LogP contribution >= 0.6 is 23.2 Å². The normalized spacial score (nSPS) is 24.2. The van der Waals surface area contributed by atoms with Crippen LogP contribution in [0.5, 0.6) is 0 Å². The Balaban J connectivity index is 1.36. The van der Waals surface area contributed by atoms with Crippen molar-refractivity contribution < 1.29 is 9.18 Å². The third kappa shape index (κ3) is 8.85. The van der Waals surface area contributed by atoms with Gasteiger partial charge in [0.25, 0.3) is 5.91 Å². The SMILES string of the molecule is CC1C(c2cc(CNC3=NCCN3)cc(C(=O)NCc3ccc(Cl)c(Cl)c3)n2)CCC(F)N1C1CCCCCCCCCC1. The van der Waals surface area contributed by atoms with Crippen molar-refractivity contribution in [3.8, 4) is 0 Å². The number of hydrogen-bond donors (Lipinski definition) is 3. The highest BCUT2D eigenvalue weighted by Gasteiger charge is 2.40. The minimum Gasteiger partial charge on any atom is -0.355 e. The Bertz CT molecular complexity index is 1280. The van der Waals surface area contributed by atoms with Crippen LogP contribution < -0.4 is 16.0 Å². The molecule has 0 bridgehead atoms. The van der Waals surface area contributed by atoms with Gasteiger partial charge in [-0.05, 0) is 68.0 Å². The van der Waals surface area contributed by atoms with Crippen LogP contribution in [0.15, 0.2) is 35.3 Å². The number of hydrogen-bond acceptors (Lipinski definition) is 6. The molecule has 0 spiro atoms. The fourth-order valence-corrected chi connectivity index (χ4v) is 7.35. The maximum Gasteiger partial charge on any atom is 0.270 e. The molecule has 2 aromatic rings. The molecule has 5 rings (SSSR count). The fraction of sp³-hybridized carbons (Fsp3) is 0.618. The molecule has 7 nitrogen and oxygen atoms in total. The van der Waals surface area contributed by atoms with Crippen LogP contribution in [0.3, 0.4) is 0 Å². The first kappa shape index (κ1) is 33.0. The molecule has 2 fully saturated rings. The molecule has 10 heteroatoms. The number of guanidine groups is 1. The lowest BCUT2D eigenvalue weighted by atomic mass is 9.83. The van der Waals surface area contributed by atoms with E-state index in [4.69, 9.17) is 28.2 Å². The summed E-state index contributed by atoms with van der Waals surface area (Å²) in [6.45, 7) is 4.53. The van der Waals surface area contributed by atoms with Crippen LogP contribution in [0.4, 0.5) is 4.39 Å². The predicted molar refractivity (Wildman–Crippen MR) is 177 cm³/mol. The summed E-state index contributed by atoms with van der Waals surface area (Å²) in [6.07, 6.45) is 12.3. The van der Waals surface area contributed by atoms with Gasteiger partial charge in [0.05, 0.1) is 16.6 Å². The molecule has 1 amide bonds. The first-order chi connectivity index (χ1) is 21.4. The highest BCUT2D eigenvalue weighted by atomic mass is 35.5. The van der Waals surface area contributed by atoms with E-state index in [-0.39, 0.29) is 23.9 Å². The Morgan fingerprint density at radius 1 is 0.932 bits per heavy atom. The third-order valence-electron chi connectivity index (χ3n) is 9.43. The average Bonchev–Trinajstić information content (AvgIpc) is 3.52. The highest BCUT2D eigenvalue weighted by Crippen LogP contribution is 2.39. The molecule has 3 unspecified atom stereocenters. The van der Waals surface area contributed by atoms with Crippen LogP contribution in [0.1, 0.15) is 117 Å². The van der Waals surface area contributed by atoms with Crippen molar-refractivity contribution in [2.24, 2.45) is 4.99 Å². The summed E-state index contributed by atoms with van der Waals surface area (Å²) in [6, 6.07) is 9.48. The molecule has 3 aliphatic rings. The van der Waals surface area contributed by atoms with Gasteiger partial charge in [-0.15, -0.1) is 0 Å². The van der Waals surface area contributed by atoms with Crippen molar-refractivity contribution in [3.63, 3.8) is 0 Å². The summed E-state index contributed by atoms with van der Waals surface area (Å²) in [7, 11) is 0. The molecule has 1 aromatic carbocycles. The summed E-state index contributed by atoms with van der Waals surface area (Å²) in [5.74, 6) is 0.532. The van der Waals surface area contributed by atoms with E-state index in [1.807, 2.05) is 12.1 Å². The third-order valence-corrected chi connectivity index (χ3v) is 10.2. The van der Waals surface area contributed by atoms with Crippen LogP contribution in [0.2, 0.25) is 10.0 Å². The molecule has 3 heterocycles. The Labute approximate surface area is 271 Å². The highest BCUT2D eigenvalue weighted by molar-refractivity contribution is 6.42. The van der Waals surface area contributed by atoms with Crippen LogP contribution in [0.25, 0.3) is 0 Å². The number of aliphatic imine (C=N–C) groups is 1. The van der Waals surface area contributed by atoms with Crippen molar-refractivity contribution >= 4 is 35.1 Å². The molecule has 1 saturated heterocycles. The molecule has 44 heavy (non-hydrogen) atoms. The van der Waals surface area contributed by atoms with Crippen molar-refractivity contribution in [2.75, 3.05) is 13.1 Å². The Kier molecular flexibility index (Phi) is 12.2. The standard InChI is InChI=1S/C34H47Cl2FN6O/c1-23-27(13-15-32(37)43(23)26-10-8-6-4-2-3-5-7-9-11-26)30-19-25(22-41-34-38-16-17-39-34)20-31(42-30)33(44)40-21-24-12-14-28(35)29(36)18-24/h12,14,18-20,23,26-27,32H,2-11,13,15-17,21-22H2,1H3,(H,40,44)(H2,38,39,41). The number of benzene rings is 1. The number of aromatic nitrogens is 1. The van der Waals surface area contributed by atoms with Gasteiger partial charge in [-0.25, -0.2) is 9.37 Å². The molecule has 0 radical (unpaired) electrons. The van der Waals surface area contributed by atoms with E-state index < -0.39 is 6.30 Å². The van der Waals surface area contributed by atoms with Crippen molar-refractivity contribution in [1.29, 1.82) is 0 Å². The summed E-state index contributed by atoms with van der Waals surface area (Å²) < 4.78 is 15.8. The zero-order valence-electron chi connectivity index (χ0n) is 25.9. The second kappa shape index (κ2) is 16.2. The second-order valence-electron chi connectivity index (χ2n) is 12.6. The predicted octanol–water partition coefficient (Wildman–Crippen LogP) is 7.51. The van der Waals surface area contributed by atoms with Gasteiger partial charge in [0, 0.05) is 43.3 Å². The number of halogens is 3. The Morgan fingerprint density at radius 3 is 2.34 bits per heavy atom. The van der Waals surface area contributed by atoms with Gasteiger partial charge in [-0.3, -0.25) is 14.7 Å². The number of carbonyl (C=O) groups is 1. The van der Waals surface area contributed by atoms with Gasteiger partial charge in [-0.1, -0.05) is 80.6 Å². The first-order valence-electron chi connectivity index (χ1n) is 16.6. The minimum absolute atomic E-state index is 0.0161. The number of likely N-dealkylation sites (tertiary alicyclic amines) is 1. The van der Waals surface area contributed by atoms with Crippen LogP contribution in [-0.2, 0) is 13.1 Å². The van der Waals surface area contributed by atoms with Gasteiger partial charge < -0.3 is 16.0 Å². The van der Waals surface area contributed by atoms with Crippen LogP contribution in [0, 0.1) is 0 Å². The summed E-state index contributed by atoms with van der Waals surface area (Å²) in [5, 5.41) is 10.5. The van der Waals surface area contributed by atoms with Crippen molar-refractivity contribution in [1.82, 2.24) is 25.8 Å². The van der Waals surface area contributed by atoms with Gasteiger partial charge in [0.15, 0.2) is 12.3 Å². The van der Waals surface area contributed by atoms with Crippen LogP contribution in [-0.4, -0.2) is 53.2 Å². The molecular weight excluding hydrogens is 598 g/mol. The molecule has 3 N–H and O–H groups in total. The number of pyridine rings is 1. The fourth-order valence-electron chi connectivity index (χ4n) is 7.03. The zero-order chi connectivity index (χ0) is 30.9. The smallest absolute Gasteiger partial charge is 0.270 e. The van der Waals surface area contributed by atoms with Gasteiger partial charge in [0.2, 0.25) is 0 Å². The number of amides is 1. The lowest BCUT2D eigenvalue weighted by Crippen LogP contribution is -2.52. The number of rotatable bonds is 7. The van der Waals surface area contributed by atoms with Crippen molar-refractivity contribution in [2.45, 2.75) is 121 Å². The Morgan fingerprint density at radius 2 is 1.66 bits per heavy atom. The first-order valence-corrected chi connectivity index (χ1v) is 17.3. The quantitative estimate of drug-likeness (QED) is 0.272. The number of carbonyl (C=O) groups excluding carboxylic acids is 1. The molecule has 1 saturated carbocycles. The van der Waals surface area contributed by atoms with Gasteiger partial charge in [0.1, 0.15) is 5.69 Å². The van der Waals surface area contributed by atoms with Gasteiger partial charge >= 0.3 is 0 Å². The maximum atomic E-state index is 15.8. The number of nitrogens with one attached hydrogen (secondary N) is 3. The van der Waals surface area contributed by atoms with Crippen molar-refractivity contribution in [3.05, 3.63) is 62.9 Å². The molecule has 1 aliphatic carbocycles. The topological polar surface area (TPSA) is 81.6 Å². The molecule has 240 valence electrons. The van der Waals surface area contributed by atoms with E-state index in [1.165, 1.54) is 38.5 Å². The molecule has 1 aromatic heterocycles. The second-order valence-corrected chi connectivity index (χ2v) is 13.4. The monoisotopic (exact) mass is 644 g/mol. The molecular formula is C34H47Cl2FN6O.